The van der Waals surface area contributed by atoms with Gasteiger partial charge in [0.2, 0.25) is 5.91 Å². The zero-order valence-electron chi connectivity index (χ0n) is 12.2. The molecule has 2 heterocycles. The zero-order valence-corrected chi connectivity index (χ0v) is 12.2. The average Bonchev–Trinajstić information content (AvgIpc) is 2.49. The van der Waals surface area contributed by atoms with Gasteiger partial charge in [0.1, 0.15) is 0 Å². The molecule has 2 amide bonds. The molecule has 2 aliphatic rings. The number of piperidine rings is 2. The summed E-state index contributed by atoms with van der Waals surface area (Å²) in [6.07, 6.45) is 3.42. The van der Waals surface area contributed by atoms with Crippen molar-refractivity contribution in [2.45, 2.75) is 38.6 Å². The highest BCUT2D eigenvalue weighted by atomic mass is 16.6. The molecule has 2 saturated heterocycles. The number of carbonyl (C=O) groups is 2. The lowest BCUT2D eigenvalue weighted by Crippen LogP contribution is -2.49. The summed E-state index contributed by atoms with van der Waals surface area (Å²) < 4.78 is 4.98. The molecule has 0 radical (unpaired) electrons. The smallest absolute Gasteiger partial charge is 0.409 e. The van der Waals surface area contributed by atoms with Gasteiger partial charge in [-0.2, -0.15) is 0 Å². The summed E-state index contributed by atoms with van der Waals surface area (Å²) in [6, 6.07) is 0.190. The number of rotatable bonds is 3. The fourth-order valence-electron chi connectivity index (χ4n) is 2.82. The molecule has 20 heavy (non-hydrogen) atoms. The third-order valence-electron chi connectivity index (χ3n) is 4.04. The summed E-state index contributed by atoms with van der Waals surface area (Å²) in [5, 5.41) is 6.38. The zero-order chi connectivity index (χ0) is 14.4. The van der Waals surface area contributed by atoms with Gasteiger partial charge in [-0.25, -0.2) is 4.79 Å². The molecule has 0 bridgehead atoms. The van der Waals surface area contributed by atoms with Gasteiger partial charge in [-0.1, -0.05) is 0 Å². The van der Waals surface area contributed by atoms with E-state index in [0.717, 1.165) is 38.8 Å². The molecule has 1 atom stereocenters. The Kier molecular flexibility index (Phi) is 5.64. The molecule has 0 saturated carbocycles. The minimum absolute atomic E-state index is 0.104. The maximum Gasteiger partial charge on any atom is 0.409 e. The van der Waals surface area contributed by atoms with Crippen LogP contribution < -0.4 is 10.6 Å². The minimum Gasteiger partial charge on any atom is -0.450 e. The van der Waals surface area contributed by atoms with Crippen LogP contribution in [-0.4, -0.2) is 55.7 Å². The number of hydrogen-bond donors (Lipinski definition) is 2. The molecule has 0 aromatic heterocycles. The van der Waals surface area contributed by atoms with Gasteiger partial charge < -0.3 is 20.3 Å². The van der Waals surface area contributed by atoms with E-state index in [4.69, 9.17) is 4.74 Å². The van der Waals surface area contributed by atoms with E-state index in [1.807, 2.05) is 6.92 Å². The molecular weight excluding hydrogens is 258 g/mol. The third kappa shape index (κ3) is 4.10. The molecule has 2 fully saturated rings. The number of carbonyl (C=O) groups excluding carboxylic acids is 2. The van der Waals surface area contributed by atoms with Crippen molar-refractivity contribution in [2.75, 3.05) is 32.8 Å². The third-order valence-corrected chi connectivity index (χ3v) is 4.04. The largest absolute Gasteiger partial charge is 0.450 e. The summed E-state index contributed by atoms with van der Waals surface area (Å²) in [6.45, 7) is 5.34. The average molecular weight is 283 g/mol. The van der Waals surface area contributed by atoms with E-state index in [2.05, 4.69) is 10.6 Å². The molecule has 6 nitrogen and oxygen atoms in total. The summed E-state index contributed by atoms with van der Waals surface area (Å²) >= 11 is 0. The van der Waals surface area contributed by atoms with Crippen molar-refractivity contribution < 1.29 is 14.3 Å². The highest BCUT2D eigenvalue weighted by Crippen LogP contribution is 2.14. The first kappa shape index (κ1) is 15.1. The summed E-state index contributed by atoms with van der Waals surface area (Å²) in [4.78, 5) is 25.4. The van der Waals surface area contributed by atoms with Crippen molar-refractivity contribution >= 4 is 12.0 Å². The molecule has 2 aliphatic heterocycles. The fourth-order valence-corrected chi connectivity index (χ4v) is 2.82. The van der Waals surface area contributed by atoms with Crippen molar-refractivity contribution in [3.8, 4) is 0 Å². The van der Waals surface area contributed by atoms with Crippen molar-refractivity contribution in [3.63, 3.8) is 0 Å². The van der Waals surface area contributed by atoms with Gasteiger partial charge in [-0.15, -0.1) is 0 Å². The van der Waals surface area contributed by atoms with Crippen LogP contribution >= 0.6 is 0 Å². The molecule has 6 heteroatoms. The monoisotopic (exact) mass is 283 g/mol. The Labute approximate surface area is 120 Å². The van der Waals surface area contributed by atoms with Crippen molar-refractivity contribution in [1.29, 1.82) is 0 Å². The standard InChI is InChI=1S/C14H25N3O3/c1-2-20-14(19)17-8-5-12(6-9-17)16-13(18)11-4-3-7-15-10-11/h11-12,15H,2-10H2,1H3,(H,16,18)/t11-/m0/s1. The maximum atomic E-state index is 12.1. The molecule has 0 aromatic rings. The number of nitrogens with zero attached hydrogens (tertiary/aromatic N) is 1. The minimum atomic E-state index is -0.242. The first-order chi connectivity index (χ1) is 9.70. The first-order valence-corrected chi connectivity index (χ1v) is 7.63. The molecule has 0 aliphatic carbocycles. The summed E-state index contributed by atoms with van der Waals surface area (Å²) in [5.41, 5.74) is 0. The van der Waals surface area contributed by atoms with Gasteiger partial charge in [0.25, 0.3) is 0 Å². The SMILES string of the molecule is CCOC(=O)N1CCC(NC(=O)[C@H]2CCCNC2)CC1. The van der Waals surface area contributed by atoms with Crippen molar-refractivity contribution in [1.82, 2.24) is 15.5 Å². The lowest BCUT2D eigenvalue weighted by atomic mass is 9.97. The number of nitrogens with one attached hydrogen (secondary N) is 2. The molecular formula is C14H25N3O3. The van der Waals surface area contributed by atoms with E-state index in [0.29, 0.717) is 19.7 Å². The van der Waals surface area contributed by atoms with Crippen LogP contribution in [0.4, 0.5) is 4.79 Å². The van der Waals surface area contributed by atoms with Crippen LogP contribution in [0.25, 0.3) is 0 Å². The fraction of sp³-hybridized carbons (Fsp3) is 0.857. The second-order valence-electron chi connectivity index (χ2n) is 5.51. The number of likely N-dealkylation sites (tertiary alicyclic amines) is 1. The number of amides is 2. The van der Waals surface area contributed by atoms with E-state index in [9.17, 15) is 9.59 Å². The first-order valence-electron chi connectivity index (χ1n) is 7.63. The topological polar surface area (TPSA) is 70.7 Å². The predicted octanol–water partition coefficient (Wildman–Crippen LogP) is 0.723. The Balaban J connectivity index is 1.71. The number of ether oxygens (including phenoxy) is 1. The van der Waals surface area contributed by atoms with Crippen LogP contribution in [0.1, 0.15) is 32.6 Å². The Morgan fingerprint density at radius 1 is 1.30 bits per heavy atom. The second-order valence-corrected chi connectivity index (χ2v) is 5.51. The molecule has 0 spiro atoms. The summed E-state index contributed by atoms with van der Waals surface area (Å²) in [7, 11) is 0. The lowest BCUT2D eigenvalue weighted by molar-refractivity contribution is -0.126. The van der Waals surface area contributed by atoms with Crippen molar-refractivity contribution in [3.05, 3.63) is 0 Å². The summed E-state index contributed by atoms with van der Waals surface area (Å²) in [5.74, 6) is 0.263. The van der Waals surface area contributed by atoms with E-state index < -0.39 is 0 Å². The van der Waals surface area contributed by atoms with E-state index in [-0.39, 0.29) is 24.0 Å². The molecule has 2 rings (SSSR count). The normalized spacial score (nSPS) is 24.2. The lowest BCUT2D eigenvalue weighted by Gasteiger charge is -2.33. The van der Waals surface area contributed by atoms with Gasteiger partial charge >= 0.3 is 6.09 Å². The maximum absolute atomic E-state index is 12.1. The predicted molar refractivity (Wildman–Crippen MR) is 75.4 cm³/mol. The Morgan fingerprint density at radius 3 is 2.65 bits per heavy atom. The molecule has 0 unspecified atom stereocenters. The molecule has 114 valence electrons. The van der Waals surface area contributed by atoms with Gasteiger partial charge in [0, 0.05) is 25.7 Å². The highest BCUT2D eigenvalue weighted by Gasteiger charge is 2.27. The van der Waals surface area contributed by atoms with Gasteiger partial charge in [0.15, 0.2) is 0 Å². The van der Waals surface area contributed by atoms with E-state index >= 15 is 0 Å². The van der Waals surface area contributed by atoms with Crippen LogP contribution in [0.2, 0.25) is 0 Å². The van der Waals surface area contributed by atoms with E-state index in [1.54, 1.807) is 4.90 Å². The van der Waals surface area contributed by atoms with Crippen LogP contribution in [0.5, 0.6) is 0 Å². The highest BCUT2D eigenvalue weighted by molar-refractivity contribution is 5.79. The van der Waals surface area contributed by atoms with Crippen LogP contribution in [0, 0.1) is 5.92 Å². The van der Waals surface area contributed by atoms with E-state index in [1.165, 1.54) is 0 Å². The molecule has 2 N–H and O–H groups in total. The van der Waals surface area contributed by atoms with Crippen LogP contribution in [0.3, 0.4) is 0 Å². The van der Waals surface area contributed by atoms with Crippen LogP contribution in [-0.2, 0) is 9.53 Å². The van der Waals surface area contributed by atoms with Gasteiger partial charge in [0.05, 0.1) is 12.5 Å². The Morgan fingerprint density at radius 2 is 2.05 bits per heavy atom. The Bertz CT molecular complexity index is 335. The second kappa shape index (κ2) is 7.47. The van der Waals surface area contributed by atoms with Crippen LogP contribution in [0.15, 0.2) is 0 Å². The number of hydrogen-bond acceptors (Lipinski definition) is 4. The van der Waals surface area contributed by atoms with Gasteiger partial charge in [-0.05, 0) is 39.2 Å². The van der Waals surface area contributed by atoms with Crippen molar-refractivity contribution in [2.24, 2.45) is 5.92 Å². The molecule has 0 aromatic carbocycles. The quantitative estimate of drug-likeness (QED) is 0.801. The Hall–Kier alpha value is -1.30. The van der Waals surface area contributed by atoms with Gasteiger partial charge in [-0.3, -0.25) is 4.79 Å².